The maximum Gasteiger partial charge on any atom is 0.407 e. The van der Waals surface area contributed by atoms with Crippen LogP contribution in [0.3, 0.4) is 0 Å². The van der Waals surface area contributed by atoms with E-state index in [9.17, 15) is 14.4 Å². The van der Waals surface area contributed by atoms with Crippen molar-refractivity contribution in [1.29, 1.82) is 0 Å². The van der Waals surface area contributed by atoms with Gasteiger partial charge in [-0.05, 0) is 49.1 Å². The summed E-state index contributed by atoms with van der Waals surface area (Å²) >= 11 is 0. The van der Waals surface area contributed by atoms with Crippen molar-refractivity contribution in [2.45, 2.75) is 32.8 Å². The Morgan fingerprint density at radius 1 is 0.970 bits per heavy atom. The third-order valence-electron chi connectivity index (χ3n) is 5.05. The van der Waals surface area contributed by atoms with Gasteiger partial charge in [0, 0.05) is 42.2 Å². The number of carbonyl (C=O) groups is 3. The Kier molecular flexibility index (Phi) is 8.88. The van der Waals surface area contributed by atoms with E-state index in [4.69, 9.17) is 9.47 Å². The van der Waals surface area contributed by atoms with E-state index < -0.39 is 6.09 Å². The van der Waals surface area contributed by atoms with Crippen molar-refractivity contribution < 1.29 is 23.9 Å². The predicted molar refractivity (Wildman–Crippen MR) is 125 cm³/mol. The van der Waals surface area contributed by atoms with Crippen LogP contribution in [0.15, 0.2) is 54.7 Å². The lowest BCUT2D eigenvalue weighted by Crippen LogP contribution is -2.30. The molecule has 0 unspecified atom stereocenters. The third kappa shape index (κ3) is 7.38. The Balaban J connectivity index is 1.40. The third-order valence-corrected chi connectivity index (χ3v) is 5.05. The molecule has 0 saturated carbocycles. The topological polar surface area (TPSA) is 110 Å². The van der Waals surface area contributed by atoms with Gasteiger partial charge in [0.05, 0.1) is 6.61 Å². The maximum atomic E-state index is 12.5. The van der Waals surface area contributed by atoms with E-state index in [0.29, 0.717) is 38.1 Å². The highest BCUT2D eigenvalue weighted by molar-refractivity contribution is 5.98. The van der Waals surface area contributed by atoms with Crippen LogP contribution in [0.4, 0.5) is 4.79 Å². The van der Waals surface area contributed by atoms with E-state index in [1.54, 1.807) is 13.0 Å². The van der Waals surface area contributed by atoms with E-state index >= 15 is 0 Å². The molecule has 0 bridgehead atoms. The van der Waals surface area contributed by atoms with Gasteiger partial charge in [0.2, 0.25) is 0 Å². The minimum atomic E-state index is -0.488. The average Bonchev–Trinajstić information content (AvgIpc) is 3.24. The van der Waals surface area contributed by atoms with E-state index in [-0.39, 0.29) is 24.9 Å². The van der Waals surface area contributed by atoms with Gasteiger partial charge in [-0.3, -0.25) is 9.59 Å². The van der Waals surface area contributed by atoms with Crippen molar-refractivity contribution in [2.24, 2.45) is 0 Å². The van der Waals surface area contributed by atoms with Crippen LogP contribution in [-0.4, -0.2) is 42.7 Å². The molecular formula is C25H29N3O5. The summed E-state index contributed by atoms with van der Waals surface area (Å²) in [5.41, 5.74) is 3.33. The number of rotatable bonds is 11. The number of ether oxygens (including phenoxy) is 2. The standard InChI is InChI=1S/C25H29N3O5/c1-2-32-23(29)12-10-20-16-28-22-11-9-19(15-21(20)22)24(30)26-13-6-14-27-25(31)33-17-18-7-4-3-5-8-18/h3-5,7-9,11,15-16,28H,2,6,10,12-14,17H2,1H3,(H,26,30)(H,27,31). The summed E-state index contributed by atoms with van der Waals surface area (Å²) in [7, 11) is 0. The predicted octanol–water partition coefficient (Wildman–Crippen LogP) is 3.71. The molecule has 33 heavy (non-hydrogen) atoms. The van der Waals surface area contributed by atoms with Gasteiger partial charge in [-0.15, -0.1) is 0 Å². The van der Waals surface area contributed by atoms with Crippen LogP contribution in [0.1, 0.15) is 41.3 Å². The molecule has 174 valence electrons. The second-order valence-corrected chi connectivity index (χ2v) is 7.48. The first-order valence-electron chi connectivity index (χ1n) is 11.0. The Morgan fingerprint density at radius 3 is 2.55 bits per heavy atom. The van der Waals surface area contributed by atoms with Crippen molar-refractivity contribution in [3.63, 3.8) is 0 Å². The number of hydrogen-bond acceptors (Lipinski definition) is 5. The Morgan fingerprint density at radius 2 is 1.76 bits per heavy atom. The fourth-order valence-electron chi connectivity index (χ4n) is 3.35. The highest BCUT2D eigenvalue weighted by Gasteiger charge is 2.11. The summed E-state index contributed by atoms with van der Waals surface area (Å²) in [4.78, 5) is 39.1. The quantitative estimate of drug-likeness (QED) is 0.304. The zero-order valence-corrected chi connectivity index (χ0v) is 18.7. The molecule has 0 atom stereocenters. The molecule has 8 nitrogen and oxygen atoms in total. The van der Waals surface area contributed by atoms with Gasteiger partial charge in [-0.2, -0.15) is 0 Å². The van der Waals surface area contributed by atoms with Gasteiger partial charge in [0.1, 0.15) is 6.61 Å². The molecule has 0 fully saturated rings. The van der Waals surface area contributed by atoms with Gasteiger partial charge in [0.15, 0.2) is 0 Å². The average molecular weight is 452 g/mol. The normalized spacial score (nSPS) is 10.6. The lowest BCUT2D eigenvalue weighted by atomic mass is 10.1. The van der Waals surface area contributed by atoms with Crippen LogP contribution in [0.5, 0.6) is 0 Å². The fraction of sp³-hybridized carbons (Fsp3) is 0.320. The highest BCUT2D eigenvalue weighted by atomic mass is 16.5. The number of fused-ring (bicyclic) bond motifs is 1. The van der Waals surface area contributed by atoms with E-state index in [1.807, 2.05) is 48.7 Å². The first-order chi connectivity index (χ1) is 16.1. The number of benzene rings is 2. The summed E-state index contributed by atoms with van der Waals surface area (Å²) in [6.07, 6.45) is 2.77. The molecule has 3 N–H and O–H groups in total. The Hall–Kier alpha value is -3.81. The van der Waals surface area contributed by atoms with Crippen LogP contribution < -0.4 is 10.6 Å². The molecule has 0 aliphatic carbocycles. The fourth-order valence-corrected chi connectivity index (χ4v) is 3.35. The number of aromatic amines is 1. The minimum absolute atomic E-state index is 0.193. The van der Waals surface area contributed by atoms with E-state index in [1.165, 1.54) is 0 Å². The summed E-state index contributed by atoms with van der Waals surface area (Å²) in [5, 5.41) is 6.44. The molecular weight excluding hydrogens is 422 g/mol. The van der Waals surface area contributed by atoms with Crippen LogP contribution in [-0.2, 0) is 27.3 Å². The minimum Gasteiger partial charge on any atom is -0.466 e. The number of H-pyrrole nitrogens is 1. The summed E-state index contributed by atoms with van der Waals surface area (Å²) in [6, 6.07) is 14.9. The second-order valence-electron chi connectivity index (χ2n) is 7.48. The molecule has 8 heteroatoms. The maximum absolute atomic E-state index is 12.5. The van der Waals surface area contributed by atoms with Gasteiger partial charge >= 0.3 is 12.1 Å². The van der Waals surface area contributed by atoms with Gasteiger partial charge < -0.3 is 25.1 Å². The van der Waals surface area contributed by atoms with Crippen molar-refractivity contribution in [1.82, 2.24) is 15.6 Å². The highest BCUT2D eigenvalue weighted by Crippen LogP contribution is 2.21. The molecule has 3 rings (SSSR count). The summed E-state index contributed by atoms with van der Waals surface area (Å²) < 4.78 is 10.1. The second kappa shape index (κ2) is 12.3. The molecule has 0 aliphatic heterocycles. The van der Waals surface area contributed by atoms with Crippen molar-refractivity contribution in [2.75, 3.05) is 19.7 Å². The van der Waals surface area contributed by atoms with E-state index in [0.717, 1.165) is 22.0 Å². The largest absolute Gasteiger partial charge is 0.466 e. The van der Waals surface area contributed by atoms with Crippen molar-refractivity contribution >= 4 is 28.9 Å². The number of aromatic nitrogens is 1. The summed E-state index contributed by atoms with van der Waals surface area (Å²) in [5.74, 6) is -0.431. The zero-order valence-electron chi connectivity index (χ0n) is 18.7. The molecule has 3 aromatic rings. The number of hydrogen-bond donors (Lipinski definition) is 3. The lowest BCUT2D eigenvalue weighted by Gasteiger charge is -2.08. The summed E-state index contributed by atoms with van der Waals surface area (Å²) in [6.45, 7) is 3.16. The lowest BCUT2D eigenvalue weighted by molar-refractivity contribution is -0.143. The Bertz CT molecular complexity index is 1080. The number of amides is 2. The van der Waals surface area contributed by atoms with Crippen LogP contribution in [0.25, 0.3) is 10.9 Å². The molecule has 2 amide bonds. The molecule has 0 aliphatic rings. The van der Waals surface area contributed by atoms with Crippen molar-refractivity contribution in [3.05, 3.63) is 71.4 Å². The SMILES string of the molecule is CCOC(=O)CCc1c[nH]c2ccc(C(=O)NCCCNC(=O)OCc3ccccc3)cc12. The number of esters is 1. The first kappa shape index (κ1) is 23.8. The number of alkyl carbamates (subject to hydrolysis) is 1. The zero-order chi connectivity index (χ0) is 23.5. The monoisotopic (exact) mass is 451 g/mol. The number of carbonyl (C=O) groups excluding carboxylic acids is 3. The molecule has 1 aromatic heterocycles. The van der Waals surface area contributed by atoms with Crippen LogP contribution in [0.2, 0.25) is 0 Å². The van der Waals surface area contributed by atoms with Crippen molar-refractivity contribution in [3.8, 4) is 0 Å². The molecule has 1 heterocycles. The smallest absolute Gasteiger partial charge is 0.407 e. The number of nitrogens with one attached hydrogen (secondary N) is 3. The van der Waals surface area contributed by atoms with Crippen LogP contribution >= 0.6 is 0 Å². The van der Waals surface area contributed by atoms with E-state index in [2.05, 4.69) is 15.6 Å². The van der Waals surface area contributed by atoms with Crippen LogP contribution in [0, 0.1) is 0 Å². The molecule has 0 radical (unpaired) electrons. The molecule has 0 spiro atoms. The molecule has 2 aromatic carbocycles. The molecule has 0 saturated heterocycles. The Labute approximate surface area is 192 Å². The van der Waals surface area contributed by atoms with Gasteiger partial charge in [-0.25, -0.2) is 4.79 Å². The van der Waals surface area contributed by atoms with Gasteiger partial charge in [0.25, 0.3) is 5.91 Å². The van der Waals surface area contributed by atoms with Gasteiger partial charge in [-0.1, -0.05) is 30.3 Å². The number of aryl methyl sites for hydroxylation is 1. The first-order valence-corrected chi connectivity index (χ1v) is 11.0.